The highest BCUT2D eigenvalue weighted by atomic mass is 35.5. The highest BCUT2D eigenvalue weighted by Gasteiger charge is 2.32. The van der Waals surface area contributed by atoms with Crippen molar-refractivity contribution in [3.8, 4) is 0 Å². The molecule has 0 bridgehead atoms. The zero-order valence-electron chi connectivity index (χ0n) is 11.4. The Morgan fingerprint density at radius 2 is 2.00 bits per heavy atom. The van der Waals surface area contributed by atoms with Crippen LogP contribution in [0.4, 0.5) is 0 Å². The van der Waals surface area contributed by atoms with Crippen molar-refractivity contribution in [1.29, 1.82) is 0 Å². The Morgan fingerprint density at radius 1 is 1.37 bits per heavy atom. The first-order valence-corrected chi connectivity index (χ1v) is 7.14. The van der Waals surface area contributed by atoms with E-state index in [2.05, 4.69) is 0 Å². The Hall–Kier alpha value is -1.06. The van der Waals surface area contributed by atoms with Gasteiger partial charge in [-0.2, -0.15) is 0 Å². The number of rotatable bonds is 4. The van der Waals surface area contributed by atoms with Gasteiger partial charge in [-0.3, -0.25) is 4.79 Å². The van der Waals surface area contributed by atoms with Gasteiger partial charge in [-0.1, -0.05) is 42.6 Å². The van der Waals surface area contributed by atoms with Gasteiger partial charge in [0.1, 0.15) is 0 Å². The fourth-order valence-corrected chi connectivity index (χ4v) is 2.86. The average Bonchev–Trinajstić information content (AvgIpc) is 2.78. The van der Waals surface area contributed by atoms with Crippen LogP contribution in [0.3, 0.4) is 0 Å². The summed E-state index contributed by atoms with van der Waals surface area (Å²) in [5, 5.41) is 0.700. The number of carbonyl (C=O) groups excluding carboxylic acids is 1. The van der Waals surface area contributed by atoms with Gasteiger partial charge in [-0.15, -0.1) is 0 Å². The lowest BCUT2D eigenvalue weighted by Gasteiger charge is -2.26. The monoisotopic (exact) mass is 280 g/mol. The molecule has 0 radical (unpaired) electrons. The first-order valence-electron chi connectivity index (χ1n) is 6.76. The van der Waals surface area contributed by atoms with Crippen molar-refractivity contribution in [3.63, 3.8) is 0 Å². The van der Waals surface area contributed by atoms with Crippen LogP contribution in [0.15, 0.2) is 24.3 Å². The van der Waals surface area contributed by atoms with E-state index in [1.807, 2.05) is 31.3 Å². The SMILES string of the molecule is CN(Cc1ccccc1Cl)C(=O)CC1(N)CCCC1. The Balaban J connectivity index is 1.94. The zero-order valence-corrected chi connectivity index (χ0v) is 12.1. The van der Waals surface area contributed by atoms with E-state index in [4.69, 9.17) is 17.3 Å². The van der Waals surface area contributed by atoms with Gasteiger partial charge in [-0.25, -0.2) is 0 Å². The van der Waals surface area contributed by atoms with Gasteiger partial charge in [-0.05, 0) is 24.5 Å². The van der Waals surface area contributed by atoms with Crippen LogP contribution in [0, 0.1) is 0 Å². The standard InChI is InChI=1S/C15H21ClN2O/c1-18(11-12-6-2-3-7-13(12)16)14(19)10-15(17)8-4-5-9-15/h2-3,6-7H,4-5,8-11,17H2,1H3. The minimum Gasteiger partial charge on any atom is -0.341 e. The quantitative estimate of drug-likeness (QED) is 0.922. The largest absolute Gasteiger partial charge is 0.341 e. The maximum absolute atomic E-state index is 12.2. The lowest BCUT2D eigenvalue weighted by molar-refractivity contribution is -0.131. The number of benzene rings is 1. The number of carbonyl (C=O) groups is 1. The second kappa shape index (κ2) is 5.93. The summed E-state index contributed by atoms with van der Waals surface area (Å²) in [4.78, 5) is 13.9. The molecule has 1 amide bonds. The van der Waals surface area contributed by atoms with Gasteiger partial charge in [0.15, 0.2) is 0 Å². The van der Waals surface area contributed by atoms with Crippen molar-refractivity contribution < 1.29 is 4.79 Å². The minimum atomic E-state index is -0.286. The molecule has 0 spiro atoms. The average molecular weight is 281 g/mol. The normalized spacial score (nSPS) is 17.4. The van der Waals surface area contributed by atoms with Gasteiger partial charge in [0.25, 0.3) is 0 Å². The molecule has 0 saturated heterocycles. The van der Waals surface area contributed by atoms with Gasteiger partial charge in [0.05, 0.1) is 0 Å². The molecule has 1 saturated carbocycles. The lowest BCUT2D eigenvalue weighted by atomic mass is 9.94. The molecule has 2 N–H and O–H groups in total. The van der Waals surface area contributed by atoms with Crippen molar-refractivity contribution in [2.75, 3.05) is 7.05 Å². The summed E-state index contributed by atoms with van der Waals surface area (Å²) < 4.78 is 0. The molecule has 0 heterocycles. The van der Waals surface area contributed by atoms with Crippen LogP contribution in [0.25, 0.3) is 0 Å². The third kappa shape index (κ3) is 3.71. The Labute approximate surface area is 119 Å². The van der Waals surface area contributed by atoms with Crippen LogP contribution in [-0.4, -0.2) is 23.4 Å². The van der Waals surface area contributed by atoms with E-state index in [-0.39, 0.29) is 11.4 Å². The predicted octanol–water partition coefficient (Wildman–Crippen LogP) is 2.96. The van der Waals surface area contributed by atoms with Crippen LogP contribution in [0.2, 0.25) is 5.02 Å². The second-order valence-corrected chi connectivity index (χ2v) is 5.99. The Kier molecular flexibility index (Phi) is 4.48. The summed E-state index contributed by atoms with van der Waals surface area (Å²) in [5.41, 5.74) is 6.93. The van der Waals surface area contributed by atoms with Gasteiger partial charge in [0, 0.05) is 30.6 Å². The molecule has 104 valence electrons. The van der Waals surface area contributed by atoms with E-state index in [9.17, 15) is 4.79 Å². The van der Waals surface area contributed by atoms with Gasteiger partial charge >= 0.3 is 0 Å². The molecule has 0 aliphatic heterocycles. The number of halogens is 1. The molecule has 0 atom stereocenters. The van der Waals surface area contributed by atoms with Crippen LogP contribution >= 0.6 is 11.6 Å². The molecule has 1 fully saturated rings. The smallest absolute Gasteiger partial charge is 0.224 e. The third-order valence-electron chi connectivity index (χ3n) is 3.89. The zero-order chi connectivity index (χ0) is 13.9. The molecule has 0 unspecified atom stereocenters. The van der Waals surface area contributed by atoms with Crippen molar-refractivity contribution >= 4 is 17.5 Å². The first-order chi connectivity index (χ1) is 9.00. The molecule has 1 aromatic carbocycles. The molecule has 1 aromatic rings. The van der Waals surface area contributed by atoms with E-state index in [0.29, 0.717) is 18.0 Å². The molecular formula is C15H21ClN2O. The van der Waals surface area contributed by atoms with Gasteiger partial charge < -0.3 is 10.6 Å². The van der Waals surface area contributed by atoms with E-state index in [1.165, 1.54) is 0 Å². The maximum atomic E-state index is 12.2. The number of amides is 1. The van der Waals surface area contributed by atoms with Gasteiger partial charge in [0.2, 0.25) is 5.91 Å². The molecule has 1 aliphatic carbocycles. The summed E-state index contributed by atoms with van der Waals surface area (Å²) in [5.74, 6) is 0.101. The first kappa shape index (κ1) is 14.4. The number of nitrogens with two attached hydrogens (primary N) is 1. The molecule has 2 rings (SSSR count). The van der Waals surface area contributed by atoms with Crippen molar-refractivity contribution in [1.82, 2.24) is 4.90 Å². The Morgan fingerprint density at radius 3 is 2.63 bits per heavy atom. The van der Waals surface area contributed by atoms with Crippen LogP contribution in [0.1, 0.15) is 37.7 Å². The summed E-state index contributed by atoms with van der Waals surface area (Å²) >= 11 is 6.11. The number of hydrogen-bond acceptors (Lipinski definition) is 2. The Bertz CT molecular complexity index is 455. The molecule has 3 nitrogen and oxygen atoms in total. The van der Waals surface area contributed by atoms with Crippen LogP contribution < -0.4 is 5.73 Å². The second-order valence-electron chi connectivity index (χ2n) is 5.59. The molecule has 19 heavy (non-hydrogen) atoms. The molecular weight excluding hydrogens is 260 g/mol. The van der Waals surface area contributed by atoms with Crippen LogP contribution in [0.5, 0.6) is 0 Å². The highest BCUT2D eigenvalue weighted by Crippen LogP contribution is 2.30. The van der Waals surface area contributed by atoms with Crippen molar-refractivity contribution in [2.45, 2.75) is 44.2 Å². The van der Waals surface area contributed by atoms with Crippen molar-refractivity contribution in [3.05, 3.63) is 34.9 Å². The predicted molar refractivity (Wildman–Crippen MR) is 77.9 cm³/mol. The topological polar surface area (TPSA) is 46.3 Å². The van der Waals surface area contributed by atoms with E-state index in [0.717, 1.165) is 31.2 Å². The lowest BCUT2D eigenvalue weighted by Crippen LogP contribution is -2.42. The van der Waals surface area contributed by atoms with E-state index < -0.39 is 0 Å². The fraction of sp³-hybridized carbons (Fsp3) is 0.533. The highest BCUT2D eigenvalue weighted by molar-refractivity contribution is 6.31. The summed E-state index contributed by atoms with van der Waals surface area (Å²) in [6, 6.07) is 7.61. The minimum absolute atomic E-state index is 0.101. The number of nitrogens with zero attached hydrogens (tertiary/aromatic N) is 1. The summed E-state index contributed by atoms with van der Waals surface area (Å²) in [6.07, 6.45) is 4.63. The molecule has 1 aliphatic rings. The van der Waals surface area contributed by atoms with E-state index >= 15 is 0 Å². The summed E-state index contributed by atoms with van der Waals surface area (Å²) in [7, 11) is 1.81. The van der Waals surface area contributed by atoms with E-state index in [1.54, 1.807) is 4.90 Å². The maximum Gasteiger partial charge on any atom is 0.224 e. The molecule has 4 heteroatoms. The van der Waals surface area contributed by atoms with Crippen LogP contribution in [-0.2, 0) is 11.3 Å². The third-order valence-corrected chi connectivity index (χ3v) is 4.26. The number of hydrogen-bond donors (Lipinski definition) is 1. The summed E-state index contributed by atoms with van der Waals surface area (Å²) in [6.45, 7) is 0.536. The fourth-order valence-electron chi connectivity index (χ4n) is 2.66. The molecule has 0 aromatic heterocycles. The van der Waals surface area contributed by atoms with Crippen molar-refractivity contribution in [2.24, 2.45) is 5.73 Å².